The SMILES string of the molecule is CC[C@H](C)NC(=O)[C@H](CC)N(Cc1ccc(Cl)cc1Cl)C(=O)CN(c1ccccc1OC)S(C)(=O)=O. The number of ether oxygens (including phenoxy) is 1. The Morgan fingerprint density at radius 3 is 2.31 bits per heavy atom. The summed E-state index contributed by atoms with van der Waals surface area (Å²) >= 11 is 12.4. The summed E-state index contributed by atoms with van der Waals surface area (Å²) in [6, 6.07) is 10.5. The van der Waals surface area contributed by atoms with Crippen LogP contribution in [0.4, 0.5) is 5.69 Å². The van der Waals surface area contributed by atoms with Crippen molar-refractivity contribution in [2.45, 2.75) is 52.2 Å². The Morgan fingerprint density at radius 2 is 1.75 bits per heavy atom. The van der Waals surface area contributed by atoms with E-state index >= 15 is 0 Å². The lowest BCUT2D eigenvalue weighted by Gasteiger charge is -2.33. The molecular formula is C25H33Cl2N3O5S. The zero-order valence-corrected chi connectivity index (χ0v) is 23.5. The second-order valence-electron chi connectivity index (χ2n) is 8.44. The largest absolute Gasteiger partial charge is 0.495 e. The molecule has 1 N–H and O–H groups in total. The van der Waals surface area contributed by atoms with E-state index in [9.17, 15) is 18.0 Å². The highest BCUT2D eigenvalue weighted by molar-refractivity contribution is 7.92. The molecule has 36 heavy (non-hydrogen) atoms. The molecule has 2 amide bonds. The Hall–Kier alpha value is -2.49. The number of para-hydroxylation sites is 2. The van der Waals surface area contributed by atoms with Gasteiger partial charge >= 0.3 is 0 Å². The second-order valence-corrected chi connectivity index (χ2v) is 11.2. The van der Waals surface area contributed by atoms with Gasteiger partial charge in [0.1, 0.15) is 18.3 Å². The molecule has 0 radical (unpaired) electrons. The third-order valence-corrected chi connectivity index (χ3v) is 7.49. The third-order valence-electron chi connectivity index (χ3n) is 5.78. The molecule has 2 atom stereocenters. The fourth-order valence-corrected chi connectivity index (χ4v) is 4.95. The predicted octanol–water partition coefficient (Wildman–Crippen LogP) is 4.49. The van der Waals surface area contributed by atoms with Crippen molar-refractivity contribution in [2.24, 2.45) is 0 Å². The predicted molar refractivity (Wildman–Crippen MR) is 144 cm³/mol. The number of nitrogens with one attached hydrogen (secondary N) is 1. The lowest BCUT2D eigenvalue weighted by molar-refractivity contribution is -0.140. The van der Waals surface area contributed by atoms with Crippen molar-refractivity contribution >= 4 is 50.7 Å². The summed E-state index contributed by atoms with van der Waals surface area (Å²) in [6.07, 6.45) is 2.04. The highest BCUT2D eigenvalue weighted by atomic mass is 35.5. The Kier molecular flexibility index (Phi) is 10.9. The molecule has 0 spiro atoms. The van der Waals surface area contributed by atoms with Crippen LogP contribution in [0.1, 0.15) is 39.2 Å². The molecule has 2 aromatic rings. The molecule has 8 nitrogen and oxygen atoms in total. The Bertz CT molecular complexity index is 1180. The zero-order chi connectivity index (χ0) is 27.0. The summed E-state index contributed by atoms with van der Waals surface area (Å²) < 4.78 is 31.8. The standard InChI is InChI=1S/C25H33Cl2N3O5S/c1-6-17(3)28-25(32)21(7-2)29(15-18-12-13-19(26)14-20(18)27)24(31)16-30(36(5,33)34)22-10-8-9-11-23(22)35-4/h8-14,17,21H,6-7,15-16H2,1-5H3,(H,28,32)/t17-,21-/m0/s1. The van der Waals surface area contributed by atoms with E-state index in [4.69, 9.17) is 27.9 Å². The fourth-order valence-electron chi connectivity index (χ4n) is 3.62. The minimum absolute atomic E-state index is 0.00913. The molecule has 198 valence electrons. The maximum absolute atomic E-state index is 13.7. The van der Waals surface area contributed by atoms with E-state index in [1.807, 2.05) is 13.8 Å². The quantitative estimate of drug-likeness (QED) is 0.414. The molecular weight excluding hydrogens is 525 g/mol. The zero-order valence-electron chi connectivity index (χ0n) is 21.1. The summed E-state index contributed by atoms with van der Waals surface area (Å²) in [4.78, 5) is 28.3. The van der Waals surface area contributed by atoms with E-state index in [-0.39, 0.29) is 24.2 Å². The fraction of sp³-hybridized carbons (Fsp3) is 0.440. The van der Waals surface area contributed by atoms with Gasteiger partial charge in [0.25, 0.3) is 0 Å². The monoisotopic (exact) mass is 557 g/mol. The number of carbonyl (C=O) groups excluding carboxylic acids is 2. The van der Waals surface area contributed by atoms with Crippen molar-refractivity contribution in [3.8, 4) is 5.75 Å². The number of anilines is 1. The van der Waals surface area contributed by atoms with Crippen molar-refractivity contribution in [2.75, 3.05) is 24.2 Å². The highest BCUT2D eigenvalue weighted by Gasteiger charge is 2.33. The molecule has 0 aliphatic heterocycles. The lowest BCUT2D eigenvalue weighted by Crippen LogP contribution is -2.53. The Balaban J connectivity index is 2.51. The first kappa shape index (κ1) is 29.7. The number of halogens is 2. The summed E-state index contributed by atoms with van der Waals surface area (Å²) in [5.74, 6) is -0.596. The van der Waals surface area contributed by atoms with Gasteiger partial charge in [-0.15, -0.1) is 0 Å². The molecule has 0 heterocycles. The Labute approximate surface area is 223 Å². The van der Waals surface area contributed by atoms with Gasteiger partial charge in [-0.2, -0.15) is 0 Å². The second kappa shape index (κ2) is 13.2. The summed E-state index contributed by atoms with van der Waals surface area (Å²) in [6.45, 7) is 5.07. The molecule has 0 bridgehead atoms. The Morgan fingerprint density at radius 1 is 1.08 bits per heavy atom. The van der Waals surface area contributed by atoms with Gasteiger partial charge in [-0.05, 0) is 49.6 Å². The summed E-state index contributed by atoms with van der Waals surface area (Å²) in [7, 11) is -2.46. The van der Waals surface area contributed by atoms with Crippen LogP contribution in [0.3, 0.4) is 0 Å². The number of sulfonamides is 1. The van der Waals surface area contributed by atoms with Gasteiger partial charge in [-0.1, -0.05) is 55.2 Å². The van der Waals surface area contributed by atoms with Crippen molar-refractivity contribution in [1.29, 1.82) is 0 Å². The lowest BCUT2D eigenvalue weighted by atomic mass is 10.1. The van der Waals surface area contributed by atoms with E-state index in [1.165, 1.54) is 12.0 Å². The first-order valence-corrected chi connectivity index (χ1v) is 14.2. The number of amides is 2. The number of hydrogen-bond donors (Lipinski definition) is 1. The van der Waals surface area contributed by atoms with Crippen LogP contribution in [0.15, 0.2) is 42.5 Å². The van der Waals surface area contributed by atoms with E-state index < -0.39 is 28.5 Å². The molecule has 11 heteroatoms. The molecule has 0 aliphatic carbocycles. The van der Waals surface area contributed by atoms with Crippen molar-refractivity contribution in [3.63, 3.8) is 0 Å². The number of benzene rings is 2. The van der Waals surface area contributed by atoms with Gasteiger partial charge in [-0.3, -0.25) is 13.9 Å². The van der Waals surface area contributed by atoms with E-state index in [1.54, 1.807) is 49.4 Å². The van der Waals surface area contributed by atoms with Crippen LogP contribution in [-0.2, 0) is 26.2 Å². The van der Waals surface area contributed by atoms with Gasteiger partial charge in [0.05, 0.1) is 19.1 Å². The highest BCUT2D eigenvalue weighted by Crippen LogP contribution is 2.30. The van der Waals surface area contributed by atoms with Crippen molar-refractivity contribution in [1.82, 2.24) is 10.2 Å². The van der Waals surface area contributed by atoms with Crippen LogP contribution in [0.2, 0.25) is 10.0 Å². The van der Waals surface area contributed by atoms with Crippen LogP contribution in [0.5, 0.6) is 5.75 Å². The molecule has 0 unspecified atom stereocenters. The number of nitrogens with zero attached hydrogens (tertiary/aromatic N) is 2. The van der Waals surface area contributed by atoms with Crippen molar-refractivity contribution in [3.05, 3.63) is 58.1 Å². The molecule has 0 aliphatic rings. The van der Waals surface area contributed by atoms with Crippen LogP contribution in [0, 0.1) is 0 Å². The molecule has 0 saturated heterocycles. The van der Waals surface area contributed by atoms with E-state index in [0.29, 0.717) is 27.8 Å². The average molecular weight is 559 g/mol. The van der Waals surface area contributed by atoms with Crippen LogP contribution in [-0.4, -0.2) is 57.1 Å². The normalized spacial score (nSPS) is 13.0. The van der Waals surface area contributed by atoms with Crippen LogP contribution >= 0.6 is 23.2 Å². The number of hydrogen-bond acceptors (Lipinski definition) is 5. The van der Waals surface area contributed by atoms with Crippen LogP contribution < -0.4 is 14.4 Å². The van der Waals surface area contributed by atoms with E-state index in [0.717, 1.165) is 17.0 Å². The summed E-state index contributed by atoms with van der Waals surface area (Å²) in [5, 5.41) is 3.69. The van der Waals surface area contributed by atoms with Crippen molar-refractivity contribution < 1.29 is 22.7 Å². The number of carbonyl (C=O) groups is 2. The van der Waals surface area contributed by atoms with Gasteiger partial charge in [0.2, 0.25) is 21.8 Å². The minimum atomic E-state index is -3.88. The van der Waals surface area contributed by atoms with Gasteiger partial charge in [-0.25, -0.2) is 8.42 Å². The maximum atomic E-state index is 13.7. The van der Waals surface area contributed by atoms with Gasteiger partial charge in [0, 0.05) is 22.6 Å². The maximum Gasteiger partial charge on any atom is 0.244 e. The van der Waals surface area contributed by atoms with E-state index in [2.05, 4.69) is 5.32 Å². The topological polar surface area (TPSA) is 96.0 Å². The summed E-state index contributed by atoms with van der Waals surface area (Å²) in [5.41, 5.74) is 0.796. The molecule has 0 aromatic heterocycles. The smallest absolute Gasteiger partial charge is 0.244 e. The molecule has 0 fully saturated rings. The molecule has 2 aromatic carbocycles. The number of methoxy groups -OCH3 is 1. The minimum Gasteiger partial charge on any atom is -0.495 e. The first-order valence-electron chi connectivity index (χ1n) is 11.6. The first-order chi connectivity index (χ1) is 16.9. The number of rotatable bonds is 12. The molecule has 2 rings (SSSR count). The average Bonchev–Trinajstić information content (AvgIpc) is 2.82. The third kappa shape index (κ3) is 7.75. The van der Waals surface area contributed by atoms with Crippen LogP contribution in [0.25, 0.3) is 0 Å². The molecule has 0 saturated carbocycles. The van der Waals surface area contributed by atoms with Gasteiger partial charge < -0.3 is 15.0 Å². The van der Waals surface area contributed by atoms with Gasteiger partial charge in [0.15, 0.2) is 0 Å².